The lowest BCUT2D eigenvalue weighted by Crippen LogP contribution is -2.42. The van der Waals surface area contributed by atoms with Gasteiger partial charge in [0.05, 0.1) is 5.69 Å². The molecule has 1 aliphatic rings. The van der Waals surface area contributed by atoms with Gasteiger partial charge in [-0.2, -0.15) is 0 Å². The SMILES string of the molecule is Cc1ccc(N(C)C2CCN(C)CC2)c(F)c1. The average Bonchev–Trinajstić information content (AvgIpc) is 2.29. The lowest BCUT2D eigenvalue weighted by Gasteiger charge is -2.36. The molecule has 2 nitrogen and oxygen atoms in total. The number of piperidine rings is 1. The molecule has 0 aromatic heterocycles. The fourth-order valence-corrected chi connectivity index (χ4v) is 2.48. The van der Waals surface area contributed by atoms with E-state index in [1.54, 1.807) is 6.07 Å². The number of hydrogen-bond donors (Lipinski definition) is 0. The van der Waals surface area contributed by atoms with E-state index in [0.717, 1.165) is 37.2 Å². The molecule has 1 aliphatic heterocycles. The third-order valence-corrected chi connectivity index (χ3v) is 3.72. The second-order valence-corrected chi connectivity index (χ2v) is 5.10. The summed E-state index contributed by atoms with van der Waals surface area (Å²) in [7, 11) is 4.15. The molecule has 0 aliphatic carbocycles. The number of rotatable bonds is 2. The lowest BCUT2D eigenvalue weighted by molar-refractivity contribution is 0.252. The summed E-state index contributed by atoms with van der Waals surface area (Å²) in [6.45, 7) is 4.12. The molecular weight excluding hydrogens is 215 g/mol. The summed E-state index contributed by atoms with van der Waals surface area (Å²) >= 11 is 0. The van der Waals surface area contributed by atoms with Gasteiger partial charge in [0.25, 0.3) is 0 Å². The first-order valence-corrected chi connectivity index (χ1v) is 6.25. The third kappa shape index (κ3) is 2.78. The summed E-state index contributed by atoms with van der Waals surface area (Å²) in [4.78, 5) is 4.43. The Kier molecular flexibility index (Phi) is 3.67. The van der Waals surface area contributed by atoms with E-state index in [-0.39, 0.29) is 5.82 Å². The van der Waals surface area contributed by atoms with Crippen LogP contribution < -0.4 is 4.90 Å². The predicted molar refractivity (Wildman–Crippen MR) is 70.1 cm³/mol. The fraction of sp³-hybridized carbons (Fsp3) is 0.571. The van der Waals surface area contributed by atoms with Crippen LogP contribution in [-0.4, -0.2) is 38.1 Å². The van der Waals surface area contributed by atoms with Gasteiger partial charge in [0.2, 0.25) is 0 Å². The smallest absolute Gasteiger partial charge is 0.146 e. The minimum absolute atomic E-state index is 0.105. The Hall–Kier alpha value is -1.09. The Morgan fingerprint density at radius 2 is 1.94 bits per heavy atom. The molecule has 0 amide bonds. The van der Waals surface area contributed by atoms with E-state index >= 15 is 0 Å². The Labute approximate surface area is 103 Å². The molecular formula is C14H21FN2. The van der Waals surface area contributed by atoms with E-state index in [4.69, 9.17) is 0 Å². The van der Waals surface area contributed by atoms with Crippen LogP contribution in [0.25, 0.3) is 0 Å². The van der Waals surface area contributed by atoms with Gasteiger partial charge in [-0.3, -0.25) is 0 Å². The van der Waals surface area contributed by atoms with Crippen molar-refractivity contribution in [3.05, 3.63) is 29.6 Å². The van der Waals surface area contributed by atoms with E-state index in [2.05, 4.69) is 16.8 Å². The Bertz CT molecular complexity index is 384. The van der Waals surface area contributed by atoms with Gasteiger partial charge < -0.3 is 9.80 Å². The highest BCUT2D eigenvalue weighted by Gasteiger charge is 2.22. The number of nitrogens with zero attached hydrogens (tertiary/aromatic N) is 2. The largest absolute Gasteiger partial charge is 0.369 e. The number of benzene rings is 1. The average molecular weight is 236 g/mol. The molecule has 0 radical (unpaired) electrons. The number of halogens is 1. The highest BCUT2D eigenvalue weighted by Crippen LogP contribution is 2.24. The second-order valence-electron chi connectivity index (χ2n) is 5.10. The molecule has 1 fully saturated rings. The van der Waals surface area contributed by atoms with E-state index < -0.39 is 0 Å². The minimum Gasteiger partial charge on any atom is -0.369 e. The Morgan fingerprint density at radius 3 is 2.53 bits per heavy atom. The fourth-order valence-electron chi connectivity index (χ4n) is 2.48. The first-order valence-electron chi connectivity index (χ1n) is 6.25. The van der Waals surface area contributed by atoms with Gasteiger partial charge in [-0.15, -0.1) is 0 Å². The van der Waals surface area contributed by atoms with Crippen molar-refractivity contribution in [3.8, 4) is 0 Å². The van der Waals surface area contributed by atoms with Crippen LogP contribution in [-0.2, 0) is 0 Å². The molecule has 94 valence electrons. The van der Waals surface area contributed by atoms with Crippen molar-refractivity contribution in [3.63, 3.8) is 0 Å². The molecule has 1 saturated heterocycles. The summed E-state index contributed by atoms with van der Waals surface area (Å²) in [5.74, 6) is -0.105. The van der Waals surface area contributed by atoms with Gasteiger partial charge in [0.15, 0.2) is 0 Å². The first-order chi connectivity index (χ1) is 8.08. The molecule has 3 heteroatoms. The van der Waals surface area contributed by atoms with Crippen LogP contribution in [0.2, 0.25) is 0 Å². The van der Waals surface area contributed by atoms with Crippen LogP contribution in [0.4, 0.5) is 10.1 Å². The molecule has 0 spiro atoms. The zero-order valence-corrected chi connectivity index (χ0v) is 10.9. The highest BCUT2D eigenvalue weighted by molar-refractivity contribution is 5.49. The quantitative estimate of drug-likeness (QED) is 0.779. The van der Waals surface area contributed by atoms with Gasteiger partial charge in [-0.25, -0.2) is 4.39 Å². The molecule has 2 rings (SSSR count). The van der Waals surface area contributed by atoms with Crippen molar-refractivity contribution < 1.29 is 4.39 Å². The summed E-state index contributed by atoms with van der Waals surface area (Å²) in [6, 6.07) is 5.94. The van der Waals surface area contributed by atoms with Crippen LogP contribution in [0.3, 0.4) is 0 Å². The lowest BCUT2D eigenvalue weighted by atomic mass is 10.0. The van der Waals surface area contributed by atoms with Gasteiger partial charge in [-0.1, -0.05) is 6.07 Å². The second kappa shape index (κ2) is 5.05. The van der Waals surface area contributed by atoms with Crippen LogP contribution in [0, 0.1) is 12.7 Å². The van der Waals surface area contributed by atoms with E-state index in [9.17, 15) is 4.39 Å². The molecule has 1 aromatic rings. The zero-order chi connectivity index (χ0) is 12.4. The number of likely N-dealkylation sites (tertiary alicyclic amines) is 1. The van der Waals surface area contributed by atoms with Crippen molar-refractivity contribution in [1.29, 1.82) is 0 Å². The third-order valence-electron chi connectivity index (χ3n) is 3.72. The predicted octanol–water partition coefficient (Wildman–Crippen LogP) is 2.66. The summed E-state index contributed by atoms with van der Waals surface area (Å²) in [6.07, 6.45) is 2.22. The molecule has 0 N–H and O–H groups in total. The van der Waals surface area contributed by atoms with Crippen LogP contribution >= 0.6 is 0 Å². The number of hydrogen-bond acceptors (Lipinski definition) is 2. The first kappa shape index (κ1) is 12.4. The summed E-state index contributed by atoms with van der Waals surface area (Å²) < 4.78 is 13.9. The topological polar surface area (TPSA) is 6.48 Å². The van der Waals surface area contributed by atoms with Crippen molar-refractivity contribution in [2.45, 2.75) is 25.8 Å². The highest BCUT2D eigenvalue weighted by atomic mass is 19.1. The van der Waals surface area contributed by atoms with Gasteiger partial charge in [0, 0.05) is 13.1 Å². The maximum absolute atomic E-state index is 13.9. The van der Waals surface area contributed by atoms with E-state index in [0.29, 0.717) is 6.04 Å². The van der Waals surface area contributed by atoms with Gasteiger partial charge in [0.1, 0.15) is 5.82 Å². The molecule has 0 bridgehead atoms. The molecule has 1 aromatic carbocycles. The van der Waals surface area contributed by atoms with Crippen LogP contribution in [0.1, 0.15) is 18.4 Å². The molecule has 0 unspecified atom stereocenters. The summed E-state index contributed by atoms with van der Waals surface area (Å²) in [5, 5.41) is 0. The standard InChI is InChI=1S/C14H21FN2/c1-11-4-5-14(13(15)10-11)17(3)12-6-8-16(2)9-7-12/h4-5,10,12H,6-9H2,1-3H3. The van der Waals surface area contributed by atoms with Crippen molar-refractivity contribution in [1.82, 2.24) is 4.90 Å². The molecule has 0 atom stereocenters. The Morgan fingerprint density at radius 1 is 1.29 bits per heavy atom. The van der Waals surface area contributed by atoms with E-state index in [1.165, 1.54) is 0 Å². The number of anilines is 1. The maximum Gasteiger partial charge on any atom is 0.146 e. The molecule has 0 saturated carbocycles. The molecule has 17 heavy (non-hydrogen) atoms. The van der Waals surface area contributed by atoms with E-state index in [1.807, 2.05) is 26.1 Å². The van der Waals surface area contributed by atoms with Gasteiger partial charge >= 0.3 is 0 Å². The minimum atomic E-state index is -0.105. The number of aryl methyl sites for hydroxylation is 1. The molecule has 1 heterocycles. The van der Waals surface area contributed by atoms with Crippen LogP contribution in [0.15, 0.2) is 18.2 Å². The normalized spacial score (nSPS) is 18.4. The zero-order valence-electron chi connectivity index (χ0n) is 10.9. The van der Waals surface area contributed by atoms with Crippen molar-refractivity contribution in [2.75, 3.05) is 32.1 Å². The van der Waals surface area contributed by atoms with Crippen molar-refractivity contribution >= 4 is 5.69 Å². The summed E-state index contributed by atoms with van der Waals surface area (Å²) in [5.41, 5.74) is 1.70. The van der Waals surface area contributed by atoms with Crippen LogP contribution in [0.5, 0.6) is 0 Å². The monoisotopic (exact) mass is 236 g/mol. The maximum atomic E-state index is 13.9. The Balaban J connectivity index is 2.11. The van der Waals surface area contributed by atoms with Gasteiger partial charge in [-0.05, 0) is 57.6 Å². The van der Waals surface area contributed by atoms with Crippen molar-refractivity contribution in [2.24, 2.45) is 0 Å².